The Morgan fingerprint density at radius 3 is 1.29 bits per heavy atom. The first-order valence-electron chi connectivity index (χ1n) is 14.0. The van der Waals surface area contributed by atoms with Gasteiger partial charge in [-0.25, -0.2) is 0 Å². The van der Waals surface area contributed by atoms with Crippen LogP contribution in [0.2, 0.25) is 0 Å². The van der Waals surface area contributed by atoms with E-state index in [0.29, 0.717) is 35.6 Å². The van der Waals surface area contributed by atoms with E-state index in [2.05, 4.69) is 24.1 Å². The Morgan fingerprint density at radius 1 is 0.634 bits per heavy atom. The topological polar surface area (TPSA) is 111 Å². The summed E-state index contributed by atoms with van der Waals surface area (Å²) in [5.74, 6) is -0.809. The minimum atomic E-state index is -0.310. The Morgan fingerprint density at radius 2 is 0.976 bits per heavy atom. The molecule has 41 heavy (non-hydrogen) atoms. The quantitative estimate of drug-likeness (QED) is 0.160. The number of amides is 2. The molecule has 2 aromatic carbocycles. The first kappa shape index (κ1) is 33.5. The molecular weight excluding hydrogens is 568 g/mol. The molecule has 2 heterocycles. The van der Waals surface area contributed by atoms with Gasteiger partial charge >= 0.3 is 17.1 Å². The van der Waals surface area contributed by atoms with E-state index in [9.17, 15) is 19.8 Å². The second-order valence-electron chi connectivity index (χ2n) is 9.79. The number of carbonyl (C=O) groups excluding carboxylic acids is 2. The number of hydrogen-bond acceptors (Lipinski definition) is 6. The molecule has 2 amide bonds. The van der Waals surface area contributed by atoms with Crippen LogP contribution in [0.1, 0.15) is 79.1 Å². The first-order valence-corrected chi connectivity index (χ1v) is 14.0. The molecule has 2 aliphatic rings. The van der Waals surface area contributed by atoms with Crippen molar-refractivity contribution < 1.29 is 36.9 Å². The number of hydrazone groups is 2. The van der Waals surface area contributed by atoms with Crippen LogP contribution >= 0.6 is 0 Å². The molecule has 1 radical (unpaired) electrons. The second-order valence-corrected chi connectivity index (χ2v) is 9.79. The molecule has 2 aromatic rings. The van der Waals surface area contributed by atoms with Gasteiger partial charge in [-0.15, -0.1) is 11.5 Å². The van der Waals surface area contributed by atoms with Crippen molar-refractivity contribution in [2.45, 2.75) is 79.1 Å². The third-order valence-corrected chi connectivity index (χ3v) is 6.61. The van der Waals surface area contributed by atoms with Crippen LogP contribution in [0.3, 0.4) is 0 Å². The van der Waals surface area contributed by atoms with Crippen LogP contribution < -0.4 is 20.2 Å². The number of nitrogens with zero attached hydrogens (tertiary/aromatic N) is 4. The zero-order valence-corrected chi connectivity index (χ0v) is 25.1. The van der Waals surface area contributed by atoms with Gasteiger partial charge in [0.25, 0.3) is 11.8 Å². The average molecular weight is 606 g/mol. The zero-order chi connectivity index (χ0) is 29.1. The van der Waals surface area contributed by atoms with E-state index in [-0.39, 0.29) is 51.5 Å². The van der Waals surface area contributed by atoms with E-state index < -0.39 is 0 Å². The fraction of sp³-hybridized carbons (Fsp3) is 0.375. The third kappa shape index (κ3) is 8.65. The molecule has 221 valence electrons. The van der Waals surface area contributed by atoms with Gasteiger partial charge in [0.1, 0.15) is 0 Å². The van der Waals surface area contributed by atoms with Crippen molar-refractivity contribution in [2.75, 3.05) is 10.0 Å². The van der Waals surface area contributed by atoms with Gasteiger partial charge in [-0.05, 0) is 51.0 Å². The molecule has 0 saturated heterocycles. The first-order chi connectivity index (χ1) is 19.3. The second kappa shape index (κ2) is 16.6. The van der Waals surface area contributed by atoms with Gasteiger partial charge in [-0.2, -0.15) is 20.2 Å². The summed E-state index contributed by atoms with van der Waals surface area (Å²) in [6, 6.07) is 18.3. The molecule has 9 heteroatoms. The smallest absolute Gasteiger partial charge is 0.875 e. The maximum Gasteiger partial charge on any atom is 2.00 e. The van der Waals surface area contributed by atoms with Crippen molar-refractivity contribution in [3.63, 3.8) is 0 Å². The number of benzene rings is 2. The summed E-state index contributed by atoms with van der Waals surface area (Å²) in [5, 5.41) is 35.3. The fourth-order valence-electron chi connectivity index (χ4n) is 4.46. The SMILES string of the molecule is CCCCCC([O-])=C1C(=O)N(c2ccccc2)N=C1C.CCCCCC([O-])=C1C(=O)N(c2ccccc2)N=C1C.[Cu+2]. The van der Waals surface area contributed by atoms with Gasteiger partial charge in [-0.3, -0.25) is 9.59 Å². The minimum absolute atomic E-state index is 0. The van der Waals surface area contributed by atoms with Crippen molar-refractivity contribution in [3.05, 3.63) is 83.3 Å². The molecule has 8 nitrogen and oxygen atoms in total. The number of anilines is 2. The molecule has 0 aliphatic carbocycles. The van der Waals surface area contributed by atoms with Crippen LogP contribution in [0.15, 0.2) is 93.5 Å². The van der Waals surface area contributed by atoms with Gasteiger partial charge in [0.15, 0.2) is 0 Å². The van der Waals surface area contributed by atoms with E-state index in [1.165, 1.54) is 10.0 Å². The Balaban J connectivity index is 0.000000280. The molecule has 0 spiro atoms. The summed E-state index contributed by atoms with van der Waals surface area (Å²) in [7, 11) is 0. The molecule has 0 bridgehead atoms. The number of allylic oxidation sites excluding steroid dienone is 2. The predicted molar refractivity (Wildman–Crippen MR) is 156 cm³/mol. The van der Waals surface area contributed by atoms with Crippen molar-refractivity contribution in [1.29, 1.82) is 0 Å². The van der Waals surface area contributed by atoms with E-state index >= 15 is 0 Å². The number of carbonyl (C=O) groups is 2. The monoisotopic (exact) mass is 605 g/mol. The Hall–Kier alpha value is -3.68. The number of unbranched alkanes of at least 4 members (excludes halogenated alkanes) is 4. The zero-order valence-electron chi connectivity index (χ0n) is 24.2. The van der Waals surface area contributed by atoms with Crippen LogP contribution in [-0.2, 0) is 26.7 Å². The minimum Gasteiger partial charge on any atom is -0.875 e. The molecule has 0 N–H and O–H groups in total. The maximum atomic E-state index is 12.3. The molecular formula is C32H38CuN4O4. The normalized spacial score (nSPS) is 17.0. The van der Waals surface area contributed by atoms with E-state index in [1.54, 1.807) is 38.1 Å². The van der Waals surface area contributed by atoms with Crippen LogP contribution in [-0.4, -0.2) is 23.2 Å². The number of rotatable bonds is 10. The fourth-order valence-corrected chi connectivity index (χ4v) is 4.46. The van der Waals surface area contributed by atoms with Gasteiger partial charge in [0.2, 0.25) is 0 Å². The van der Waals surface area contributed by atoms with Gasteiger partial charge in [-0.1, -0.05) is 88.8 Å². The molecule has 4 rings (SSSR count). The molecule has 0 unspecified atom stereocenters. The summed E-state index contributed by atoms with van der Waals surface area (Å²) >= 11 is 0. The van der Waals surface area contributed by atoms with Crippen LogP contribution in [0, 0.1) is 0 Å². The Kier molecular flexibility index (Phi) is 13.5. The average Bonchev–Trinajstić information content (AvgIpc) is 3.43. The van der Waals surface area contributed by atoms with Crippen LogP contribution in [0.5, 0.6) is 0 Å². The largest absolute Gasteiger partial charge is 2.00 e. The van der Waals surface area contributed by atoms with Crippen molar-refractivity contribution in [3.8, 4) is 0 Å². The molecule has 2 aliphatic heterocycles. The summed E-state index contributed by atoms with van der Waals surface area (Å²) in [4.78, 5) is 24.7. The van der Waals surface area contributed by atoms with Crippen LogP contribution in [0.4, 0.5) is 11.4 Å². The van der Waals surface area contributed by atoms with Gasteiger partial charge in [0, 0.05) is 0 Å². The predicted octanol–water partition coefficient (Wildman–Crippen LogP) is 5.21. The molecule has 0 saturated carbocycles. The molecule has 0 atom stereocenters. The number of hydrogen-bond donors (Lipinski definition) is 0. The Labute approximate surface area is 253 Å². The summed E-state index contributed by atoms with van der Waals surface area (Å²) in [5.41, 5.74) is 2.89. The molecule has 0 aromatic heterocycles. The van der Waals surface area contributed by atoms with Crippen molar-refractivity contribution >= 4 is 34.6 Å². The van der Waals surface area contributed by atoms with Crippen molar-refractivity contribution in [2.24, 2.45) is 10.2 Å². The Bertz CT molecular complexity index is 1200. The summed E-state index contributed by atoms with van der Waals surface area (Å²) < 4.78 is 0. The standard InChI is InChI=1S/2C16H20N2O2.Cu/c2*1-3-4-6-11-14(19)15-12(2)17-18(16(15)20)13-9-7-5-8-10-13;/h2*5,7-10,19H,3-4,6,11H2,1-2H3;/q;;+2/p-2. The van der Waals surface area contributed by atoms with Crippen molar-refractivity contribution in [1.82, 2.24) is 0 Å². The summed E-state index contributed by atoms with van der Waals surface area (Å²) in [6.45, 7) is 7.60. The van der Waals surface area contributed by atoms with Crippen LogP contribution in [0.25, 0.3) is 0 Å². The number of para-hydroxylation sites is 2. The van der Waals surface area contributed by atoms with E-state index in [0.717, 1.165) is 38.5 Å². The third-order valence-electron chi connectivity index (χ3n) is 6.61. The van der Waals surface area contributed by atoms with Gasteiger partial charge in [0.05, 0.1) is 33.9 Å². The summed E-state index contributed by atoms with van der Waals surface area (Å²) in [6.07, 6.45) is 6.61. The van der Waals surface area contributed by atoms with E-state index in [4.69, 9.17) is 0 Å². The molecule has 0 fully saturated rings. The maximum absolute atomic E-state index is 12.3. The van der Waals surface area contributed by atoms with Gasteiger partial charge < -0.3 is 10.2 Å². The van der Waals surface area contributed by atoms with E-state index in [1.807, 2.05) is 36.4 Å².